The predicted molar refractivity (Wildman–Crippen MR) is 64.2 cm³/mol. The first kappa shape index (κ1) is 13.1. The van der Waals surface area contributed by atoms with Gasteiger partial charge in [-0.25, -0.2) is 0 Å². The molecule has 0 saturated heterocycles. The van der Waals surface area contributed by atoms with E-state index in [-0.39, 0.29) is 11.6 Å². The molecule has 0 fully saturated rings. The summed E-state index contributed by atoms with van der Waals surface area (Å²) in [5, 5.41) is 16.7. The molecule has 1 aromatic carbocycles. The normalized spacial score (nSPS) is 12.1. The van der Waals surface area contributed by atoms with Crippen LogP contribution in [-0.4, -0.2) is 11.6 Å². The molecule has 0 N–H and O–H groups in total. The second kappa shape index (κ2) is 6.57. The van der Waals surface area contributed by atoms with Crippen LogP contribution in [0.15, 0.2) is 48.6 Å². The number of allylic oxidation sites excluding steroid dienone is 4. The van der Waals surface area contributed by atoms with Crippen LogP contribution >= 0.6 is 0 Å². The maximum absolute atomic E-state index is 10.3. The zero-order valence-electron chi connectivity index (χ0n) is 9.33. The van der Waals surface area contributed by atoms with Gasteiger partial charge in [0.05, 0.1) is 23.3 Å². The summed E-state index contributed by atoms with van der Waals surface area (Å²) in [5.74, 6) is -0.241. The predicted octanol–water partition coefficient (Wildman–Crippen LogP) is 1.68. The Bertz CT molecular complexity index is 525. The highest BCUT2D eigenvalue weighted by molar-refractivity contribution is 6.14. The largest absolute Gasteiger partial charge is 0.290 e. The fraction of sp³-hybridized carbons (Fsp3) is 0. The lowest BCUT2D eigenvalue weighted by molar-refractivity contribution is -0.113. The van der Waals surface area contributed by atoms with Gasteiger partial charge in [0.1, 0.15) is 0 Å². The minimum Gasteiger partial charge on any atom is -0.290 e. The monoisotopic (exact) mass is 236 g/mol. The van der Waals surface area contributed by atoms with Crippen LogP contribution < -0.4 is 0 Å². The highest BCUT2D eigenvalue weighted by Gasteiger charge is 1.97. The maximum Gasteiger partial charge on any atom is 0.178 e. The Morgan fingerprint density at radius 3 is 1.17 bits per heavy atom. The average molecular weight is 236 g/mol. The van der Waals surface area contributed by atoms with Gasteiger partial charge < -0.3 is 0 Å². The van der Waals surface area contributed by atoms with Gasteiger partial charge in [-0.05, 0) is 48.6 Å². The second-order valence-electron chi connectivity index (χ2n) is 3.27. The van der Waals surface area contributed by atoms with Crippen molar-refractivity contribution in [3.05, 3.63) is 59.7 Å². The topological polar surface area (TPSA) is 81.7 Å². The third-order valence-electron chi connectivity index (χ3n) is 1.97. The molecular formula is C14H8N2O2. The fourth-order valence-corrected chi connectivity index (χ4v) is 1.06. The summed E-state index contributed by atoms with van der Waals surface area (Å²) < 4.78 is 0. The van der Waals surface area contributed by atoms with E-state index in [0.29, 0.717) is 11.1 Å². The summed E-state index contributed by atoms with van der Waals surface area (Å²) in [7, 11) is 0. The lowest BCUT2D eigenvalue weighted by Crippen LogP contribution is -1.97. The third-order valence-corrected chi connectivity index (χ3v) is 1.97. The summed E-state index contributed by atoms with van der Waals surface area (Å²) in [5.41, 5.74) is 1.16. The number of hydrogen-bond acceptors (Lipinski definition) is 4. The first-order chi connectivity index (χ1) is 8.65. The fourth-order valence-electron chi connectivity index (χ4n) is 1.06. The zero-order chi connectivity index (χ0) is 13.4. The third kappa shape index (κ3) is 4.26. The molecule has 0 heterocycles. The molecule has 0 radical (unpaired) electrons. The molecule has 1 aliphatic rings. The highest BCUT2D eigenvalue weighted by Crippen LogP contribution is 2.00. The molecule has 0 spiro atoms. The summed E-state index contributed by atoms with van der Waals surface area (Å²) >= 11 is 0. The van der Waals surface area contributed by atoms with Gasteiger partial charge in [-0.2, -0.15) is 10.5 Å². The smallest absolute Gasteiger partial charge is 0.178 e. The first-order valence-corrected chi connectivity index (χ1v) is 5.00. The van der Waals surface area contributed by atoms with Crippen LogP contribution in [0, 0.1) is 22.7 Å². The summed E-state index contributed by atoms with van der Waals surface area (Å²) in [6, 6.07) is 10.4. The first-order valence-electron chi connectivity index (χ1n) is 5.00. The van der Waals surface area contributed by atoms with Gasteiger partial charge in [0.2, 0.25) is 0 Å². The van der Waals surface area contributed by atoms with E-state index < -0.39 is 0 Å². The van der Waals surface area contributed by atoms with Gasteiger partial charge >= 0.3 is 0 Å². The van der Waals surface area contributed by atoms with Crippen molar-refractivity contribution >= 4 is 11.6 Å². The van der Waals surface area contributed by atoms with E-state index in [1.54, 1.807) is 24.3 Å². The molecule has 0 saturated carbocycles. The van der Waals surface area contributed by atoms with Crippen molar-refractivity contribution in [2.75, 3.05) is 0 Å². The Kier molecular flexibility index (Phi) is 4.78. The molecule has 1 aromatic rings. The van der Waals surface area contributed by atoms with Gasteiger partial charge in [-0.15, -0.1) is 0 Å². The maximum atomic E-state index is 10.3. The molecule has 2 rings (SSSR count). The van der Waals surface area contributed by atoms with Gasteiger partial charge in [0.25, 0.3) is 0 Å². The average Bonchev–Trinajstić information content (AvgIpc) is 2.43. The molecule has 1 aliphatic carbocycles. The Hall–Kier alpha value is -2.98. The number of carbonyl (C=O) groups is 2. The van der Waals surface area contributed by atoms with E-state index in [4.69, 9.17) is 10.5 Å². The van der Waals surface area contributed by atoms with E-state index >= 15 is 0 Å². The lowest BCUT2D eigenvalue weighted by atomic mass is 10.2. The van der Waals surface area contributed by atoms with Crippen molar-refractivity contribution in [1.29, 1.82) is 10.5 Å². The van der Waals surface area contributed by atoms with Crippen LogP contribution in [0.25, 0.3) is 0 Å². The Labute approximate surface area is 104 Å². The molecule has 0 amide bonds. The van der Waals surface area contributed by atoms with Crippen LogP contribution in [0.1, 0.15) is 11.1 Å². The van der Waals surface area contributed by atoms with E-state index in [1.165, 1.54) is 24.3 Å². The second-order valence-corrected chi connectivity index (χ2v) is 3.27. The molecule has 4 heteroatoms. The van der Waals surface area contributed by atoms with Crippen LogP contribution in [0.4, 0.5) is 0 Å². The van der Waals surface area contributed by atoms with Crippen molar-refractivity contribution in [1.82, 2.24) is 0 Å². The molecule has 86 valence electrons. The zero-order valence-corrected chi connectivity index (χ0v) is 9.33. The number of nitrogens with zero attached hydrogens (tertiary/aromatic N) is 2. The Balaban J connectivity index is 0.000000184. The van der Waals surface area contributed by atoms with Crippen LogP contribution in [0.2, 0.25) is 0 Å². The van der Waals surface area contributed by atoms with Crippen molar-refractivity contribution in [3.8, 4) is 12.1 Å². The van der Waals surface area contributed by atoms with Gasteiger partial charge in [-0.1, -0.05) is 0 Å². The van der Waals surface area contributed by atoms with Crippen molar-refractivity contribution < 1.29 is 9.59 Å². The number of carbonyl (C=O) groups excluding carboxylic acids is 2. The van der Waals surface area contributed by atoms with Crippen LogP contribution in [0.3, 0.4) is 0 Å². The number of hydrogen-bond donors (Lipinski definition) is 0. The van der Waals surface area contributed by atoms with Crippen LogP contribution in [-0.2, 0) is 9.59 Å². The van der Waals surface area contributed by atoms with Crippen molar-refractivity contribution in [2.45, 2.75) is 0 Å². The summed E-state index contributed by atoms with van der Waals surface area (Å²) in [6.07, 6.45) is 5.01. The standard InChI is InChI=1S/C8H4N2.C6H4O2/c9-5-7-1-2-8(6-10)4-3-7;7-5-1-2-6(8)4-3-5/h1-4H;1-4H. The highest BCUT2D eigenvalue weighted by atomic mass is 16.1. The molecule has 0 bridgehead atoms. The SMILES string of the molecule is N#Cc1ccc(C#N)cc1.O=C1C=CC(=O)C=C1. The van der Waals surface area contributed by atoms with E-state index in [9.17, 15) is 9.59 Å². The number of ketones is 2. The molecule has 0 unspecified atom stereocenters. The quantitative estimate of drug-likeness (QED) is 0.641. The Morgan fingerprint density at radius 1 is 0.667 bits per heavy atom. The van der Waals surface area contributed by atoms with E-state index in [0.717, 1.165) is 0 Å². The molecule has 4 nitrogen and oxygen atoms in total. The van der Waals surface area contributed by atoms with Crippen molar-refractivity contribution in [2.24, 2.45) is 0 Å². The lowest BCUT2D eigenvalue weighted by Gasteiger charge is -1.87. The van der Waals surface area contributed by atoms with Gasteiger partial charge in [0.15, 0.2) is 11.6 Å². The minimum absolute atomic E-state index is 0.121. The molecular weight excluding hydrogens is 228 g/mol. The number of rotatable bonds is 0. The molecule has 0 aromatic heterocycles. The number of nitriles is 2. The molecule has 0 aliphatic heterocycles. The molecule has 18 heavy (non-hydrogen) atoms. The van der Waals surface area contributed by atoms with E-state index in [1.807, 2.05) is 12.1 Å². The minimum atomic E-state index is -0.121. The van der Waals surface area contributed by atoms with Gasteiger partial charge in [-0.3, -0.25) is 9.59 Å². The summed E-state index contributed by atoms with van der Waals surface area (Å²) in [6.45, 7) is 0. The molecule has 0 atom stereocenters. The van der Waals surface area contributed by atoms with Crippen molar-refractivity contribution in [3.63, 3.8) is 0 Å². The van der Waals surface area contributed by atoms with Gasteiger partial charge in [0, 0.05) is 0 Å². The number of benzene rings is 1. The Morgan fingerprint density at radius 2 is 0.944 bits per heavy atom. The van der Waals surface area contributed by atoms with Crippen LogP contribution in [0.5, 0.6) is 0 Å². The van der Waals surface area contributed by atoms with E-state index in [2.05, 4.69) is 0 Å². The summed E-state index contributed by atoms with van der Waals surface area (Å²) in [4.78, 5) is 20.6.